The van der Waals surface area contributed by atoms with E-state index in [1.807, 2.05) is 12.1 Å². The number of furan rings is 1. The highest BCUT2D eigenvalue weighted by Gasteiger charge is 2.20. The number of benzene rings is 9. The highest BCUT2D eigenvalue weighted by molar-refractivity contribution is 6.10. The number of para-hydroxylation sites is 3. The van der Waals surface area contributed by atoms with Crippen molar-refractivity contribution in [2.45, 2.75) is 0 Å². The van der Waals surface area contributed by atoms with Crippen LogP contribution in [0.1, 0.15) is 0 Å². The van der Waals surface area contributed by atoms with E-state index in [1.54, 1.807) is 0 Å². The third kappa shape index (κ3) is 5.04. The maximum absolute atomic E-state index is 6.43. The van der Waals surface area contributed by atoms with E-state index in [1.165, 1.54) is 43.8 Å². The summed E-state index contributed by atoms with van der Waals surface area (Å²) in [5.41, 5.74) is 12.1. The molecule has 0 radical (unpaired) electrons. The zero-order valence-corrected chi connectivity index (χ0v) is 28.4. The first-order valence-corrected chi connectivity index (χ1v) is 17.8. The molecule has 0 N–H and O–H groups in total. The Kier molecular flexibility index (Phi) is 7.18. The minimum atomic E-state index is 0.907. The largest absolute Gasteiger partial charge is 0.455 e. The number of fused-ring (bicyclic) bond motifs is 5. The summed E-state index contributed by atoms with van der Waals surface area (Å²) in [5, 5.41) is 7.15. The Morgan fingerprint density at radius 2 is 0.942 bits per heavy atom. The van der Waals surface area contributed by atoms with E-state index in [9.17, 15) is 0 Å². The van der Waals surface area contributed by atoms with Crippen molar-refractivity contribution < 1.29 is 4.42 Å². The summed E-state index contributed by atoms with van der Waals surface area (Å²) >= 11 is 0. The molecule has 0 unspecified atom stereocenters. The van der Waals surface area contributed by atoms with Gasteiger partial charge in [0.05, 0.1) is 5.69 Å². The first-order chi connectivity index (χ1) is 25.8. The quantitative estimate of drug-likeness (QED) is 0.176. The summed E-state index contributed by atoms with van der Waals surface area (Å²) in [4.78, 5) is 2.40. The molecule has 10 aromatic rings. The molecule has 0 aliphatic rings. The SMILES string of the molecule is c1ccc(-c2cccc3cccc(-c4ccccc4N(c4ccc(-c5cccc6c5oc5ccccc56)cc4)c4ccc5ccccc5c4)c23)cc1. The van der Waals surface area contributed by atoms with Gasteiger partial charge in [0.2, 0.25) is 0 Å². The van der Waals surface area contributed by atoms with Crippen LogP contribution in [0.15, 0.2) is 205 Å². The maximum Gasteiger partial charge on any atom is 0.143 e. The van der Waals surface area contributed by atoms with E-state index in [-0.39, 0.29) is 0 Å². The van der Waals surface area contributed by atoms with Gasteiger partial charge in [-0.25, -0.2) is 0 Å². The molecule has 0 aliphatic heterocycles. The van der Waals surface area contributed by atoms with Gasteiger partial charge in [-0.2, -0.15) is 0 Å². The molecule has 0 aliphatic carbocycles. The van der Waals surface area contributed by atoms with Gasteiger partial charge in [-0.3, -0.25) is 0 Å². The molecule has 2 nitrogen and oxygen atoms in total. The standard InChI is InChI=1S/C50H33NO/c1-2-14-35(15-3-1)41-21-10-17-37-18-11-23-45(49(37)41)43-19-6-8-25-47(43)51(40-32-27-34-13-4-5-16-38(34)33-40)39-30-28-36(29-31-39)42-22-12-24-46-44-20-7-9-26-48(44)52-50(42)46/h1-33H. The molecule has 0 atom stereocenters. The van der Waals surface area contributed by atoms with Crippen LogP contribution in [0.25, 0.3) is 76.9 Å². The molecular weight excluding hydrogens is 631 g/mol. The van der Waals surface area contributed by atoms with Crippen LogP contribution in [0.4, 0.5) is 17.1 Å². The second-order valence-corrected chi connectivity index (χ2v) is 13.3. The van der Waals surface area contributed by atoms with Gasteiger partial charge in [0.25, 0.3) is 0 Å². The number of hydrogen-bond donors (Lipinski definition) is 0. The van der Waals surface area contributed by atoms with Gasteiger partial charge in [0, 0.05) is 33.3 Å². The van der Waals surface area contributed by atoms with E-state index in [4.69, 9.17) is 4.42 Å². The molecule has 0 amide bonds. The van der Waals surface area contributed by atoms with Gasteiger partial charge in [-0.05, 0) is 80.2 Å². The zero-order valence-electron chi connectivity index (χ0n) is 28.4. The van der Waals surface area contributed by atoms with Crippen LogP contribution in [0.2, 0.25) is 0 Å². The maximum atomic E-state index is 6.43. The first kappa shape index (κ1) is 30.0. The lowest BCUT2D eigenvalue weighted by Gasteiger charge is -2.29. The summed E-state index contributed by atoms with van der Waals surface area (Å²) in [6.07, 6.45) is 0. The van der Waals surface area contributed by atoms with Crippen molar-refractivity contribution in [1.82, 2.24) is 0 Å². The van der Waals surface area contributed by atoms with Gasteiger partial charge < -0.3 is 9.32 Å². The number of rotatable bonds is 6. The minimum Gasteiger partial charge on any atom is -0.455 e. The number of nitrogens with zero attached hydrogens (tertiary/aromatic N) is 1. The van der Waals surface area contributed by atoms with Crippen LogP contribution in [0.5, 0.6) is 0 Å². The summed E-state index contributed by atoms with van der Waals surface area (Å²) in [5.74, 6) is 0. The smallest absolute Gasteiger partial charge is 0.143 e. The molecule has 0 saturated heterocycles. The highest BCUT2D eigenvalue weighted by atomic mass is 16.3. The fraction of sp³-hybridized carbons (Fsp3) is 0. The van der Waals surface area contributed by atoms with E-state index < -0.39 is 0 Å². The monoisotopic (exact) mass is 663 g/mol. The second kappa shape index (κ2) is 12.5. The van der Waals surface area contributed by atoms with Crippen LogP contribution in [-0.4, -0.2) is 0 Å². The van der Waals surface area contributed by atoms with Crippen molar-refractivity contribution >= 4 is 60.5 Å². The summed E-state index contributed by atoms with van der Waals surface area (Å²) in [6, 6.07) is 71.7. The predicted octanol–water partition coefficient (Wildman–Crippen LogP) is 14.4. The highest BCUT2D eigenvalue weighted by Crippen LogP contribution is 2.45. The van der Waals surface area contributed by atoms with Crippen LogP contribution in [-0.2, 0) is 0 Å². The first-order valence-electron chi connectivity index (χ1n) is 17.8. The molecule has 2 heteroatoms. The molecule has 10 rings (SSSR count). The van der Waals surface area contributed by atoms with Crippen molar-refractivity contribution in [1.29, 1.82) is 0 Å². The Labute approximate surface area is 302 Å². The van der Waals surface area contributed by atoms with E-state index in [2.05, 4.69) is 193 Å². The molecule has 1 aromatic heterocycles. The Morgan fingerprint density at radius 1 is 0.346 bits per heavy atom. The third-order valence-electron chi connectivity index (χ3n) is 10.3. The molecule has 52 heavy (non-hydrogen) atoms. The average Bonchev–Trinajstić information content (AvgIpc) is 3.60. The fourth-order valence-electron chi connectivity index (χ4n) is 7.83. The summed E-state index contributed by atoms with van der Waals surface area (Å²) in [6.45, 7) is 0. The van der Waals surface area contributed by atoms with Crippen LogP contribution in [0.3, 0.4) is 0 Å². The lowest BCUT2D eigenvalue weighted by atomic mass is 9.90. The lowest BCUT2D eigenvalue weighted by Crippen LogP contribution is -2.11. The molecular formula is C50H33NO. The molecule has 0 bridgehead atoms. The lowest BCUT2D eigenvalue weighted by molar-refractivity contribution is 0.670. The summed E-state index contributed by atoms with van der Waals surface area (Å²) < 4.78 is 6.43. The summed E-state index contributed by atoms with van der Waals surface area (Å²) in [7, 11) is 0. The Hall–Kier alpha value is -6.90. The molecule has 0 saturated carbocycles. The van der Waals surface area contributed by atoms with E-state index >= 15 is 0 Å². The molecule has 1 heterocycles. The van der Waals surface area contributed by atoms with Crippen molar-refractivity contribution in [2.75, 3.05) is 4.90 Å². The Balaban J connectivity index is 1.17. The molecule has 244 valence electrons. The van der Waals surface area contributed by atoms with Gasteiger partial charge in [0.1, 0.15) is 11.2 Å². The van der Waals surface area contributed by atoms with Gasteiger partial charge in [-0.1, -0.05) is 164 Å². The zero-order chi connectivity index (χ0) is 34.4. The van der Waals surface area contributed by atoms with Crippen molar-refractivity contribution in [3.63, 3.8) is 0 Å². The Bertz CT molecular complexity index is 2900. The van der Waals surface area contributed by atoms with Gasteiger partial charge in [0.15, 0.2) is 0 Å². The van der Waals surface area contributed by atoms with E-state index in [0.717, 1.165) is 50.1 Å². The van der Waals surface area contributed by atoms with Crippen LogP contribution < -0.4 is 4.90 Å². The van der Waals surface area contributed by atoms with Crippen molar-refractivity contribution in [2.24, 2.45) is 0 Å². The van der Waals surface area contributed by atoms with Crippen molar-refractivity contribution in [3.05, 3.63) is 200 Å². The number of anilines is 3. The van der Waals surface area contributed by atoms with Crippen LogP contribution >= 0.6 is 0 Å². The Morgan fingerprint density at radius 3 is 1.81 bits per heavy atom. The predicted molar refractivity (Wildman–Crippen MR) is 220 cm³/mol. The fourth-order valence-corrected chi connectivity index (χ4v) is 7.83. The van der Waals surface area contributed by atoms with Gasteiger partial charge >= 0.3 is 0 Å². The van der Waals surface area contributed by atoms with Crippen LogP contribution in [0, 0.1) is 0 Å². The molecule has 0 spiro atoms. The third-order valence-corrected chi connectivity index (χ3v) is 10.3. The minimum absolute atomic E-state index is 0.907. The number of hydrogen-bond acceptors (Lipinski definition) is 2. The van der Waals surface area contributed by atoms with Gasteiger partial charge in [-0.15, -0.1) is 0 Å². The second-order valence-electron chi connectivity index (χ2n) is 13.3. The van der Waals surface area contributed by atoms with Crippen molar-refractivity contribution in [3.8, 4) is 33.4 Å². The van der Waals surface area contributed by atoms with E-state index in [0.29, 0.717) is 0 Å². The topological polar surface area (TPSA) is 16.4 Å². The normalized spacial score (nSPS) is 11.5. The average molecular weight is 664 g/mol. The molecule has 0 fully saturated rings. The molecule has 9 aromatic carbocycles.